The van der Waals surface area contributed by atoms with Crippen LogP contribution in [0.15, 0.2) is 34.4 Å². The zero-order chi connectivity index (χ0) is 18.5. The lowest BCUT2D eigenvalue weighted by molar-refractivity contribution is -0.113. The topological polar surface area (TPSA) is 86.1 Å². The van der Waals surface area contributed by atoms with Crippen LogP contribution < -0.4 is 5.32 Å². The molecule has 0 aliphatic rings. The van der Waals surface area contributed by atoms with Crippen molar-refractivity contribution in [3.8, 4) is 10.4 Å². The molecule has 3 aromatic heterocycles. The summed E-state index contributed by atoms with van der Waals surface area (Å²) in [5, 5.41) is 15.5. The molecule has 136 valence electrons. The van der Waals surface area contributed by atoms with E-state index in [9.17, 15) is 9.59 Å². The highest BCUT2D eigenvalue weighted by molar-refractivity contribution is 7.99. The van der Waals surface area contributed by atoms with E-state index in [2.05, 4.69) is 15.5 Å². The third-order valence-electron chi connectivity index (χ3n) is 3.31. The van der Waals surface area contributed by atoms with Crippen LogP contribution in [0.5, 0.6) is 0 Å². The maximum Gasteiger partial charge on any atom is 0.341 e. The molecule has 1 N–H and O–H groups in total. The number of nitrogens with zero attached hydrogens (tertiary/aromatic N) is 3. The Bertz CT molecular complexity index is 902. The summed E-state index contributed by atoms with van der Waals surface area (Å²) in [6.07, 6.45) is 1.58. The van der Waals surface area contributed by atoms with Crippen LogP contribution in [0.25, 0.3) is 10.4 Å². The van der Waals surface area contributed by atoms with E-state index in [0.717, 1.165) is 10.4 Å². The number of hydrogen-bond acceptors (Lipinski definition) is 8. The summed E-state index contributed by atoms with van der Waals surface area (Å²) in [4.78, 5) is 25.7. The van der Waals surface area contributed by atoms with Gasteiger partial charge in [-0.05, 0) is 18.4 Å². The SMILES string of the molecule is CCOC(=O)c1c(-c2cccs2)csc1NC(=O)CSc1nncn1C. The van der Waals surface area contributed by atoms with Gasteiger partial charge in [-0.15, -0.1) is 32.9 Å². The Balaban J connectivity index is 1.77. The van der Waals surface area contributed by atoms with Gasteiger partial charge in [0, 0.05) is 22.9 Å². The summed E-state index contributed by atoms with van der Waals surface area (Å²) in [6, 6.07) is 3.85. The number of aromatic nitrogens is 3. The van der Waals surface area contributed by atoms with Crippen LogP contribution in [0, 0.1) is 0 Å². The van der Waals surface area contributed by atoms with Crippen molar-refractivity contribution in [3.63, 3.8) is 0 Å². The Morgan fingerprint density at radius 2 is 2.23 bits per heavy atom. The lowest BCUT2D eigenvalue weighted by atomic mass is 10.1. The number of thiophene rings is 2. The Labute approximate surface area is 162 Å². The molecule has 0 aliphatic heterocycles. The molecule has 10 heteroatoms. The number of anilines is 1. The molecule has 0 bridgehead atoms. The Kier molecular flexibility index (Phi) is 6.07. The van der Waals surface area contributed by atoms with Crippen LogP contribution in [0.4, 0.5) is 5.00 Å². The van der Waals surface area contributed by atoms with E-state index in [1.54, 1.807) is 17.8 Å². The first kappa shape index (κ1) is 18.6. The van der Waals surface area contributed by atoms with E-state index in [-0.39, 0.29) is 18.3 Å². The molecule has 0 radical (unpaired) electrons. The van der Waals surface area contributed by atoms with Crippen molar-refractivity contribution < 1.29 is 14.3 Å². The van der Waals surface area contributed by atoms with Crippen molar-refractivity contribution in [2.75, 3.05) is 17.7 Å². The quantitative estimate of drug-likeness (QED) is 0.476. The van der Waals surface area contributed by atoms with Crippen LogP contribution in [0.1, 0.15) is 17.3 Å². The minimum absolute atomic E-state index is 0.168. The van der Waals surface area contributed by atoms with Gasteiger partial charge in [0.25, 0.3) is 0 Å². The summed E-state index contributed by atoms with van der Waals surface area (Å²) in [5.74, 6) is -0.488. The van der Waals surface area contributed by atoms with Crippen molar-refractivity contribution in [2.45, 2.75) is 12.1 Å². The van der Waals surface area contributed by atoms with Crippen LogP contribution >= 0.6 is 34.4 Å². The van der Waals surface area contributed by atoms with Gasteiger partial charge in [-0.2, -0.15) is 0 Å². The van der Waals surface area contributed by atoms with Crippen LogP contribution in [-0.4, -0.2) is 39.0 Å². The van der Waals surface area contributed by atoms with E-state index in [1.165, 1.54) is 34.4 Å². The number of carbonyl (C=O) groups is 2. The zero-order valence-corrected chi connectivity index (χ0v) is 16.5. The second-order valence-corrected chi connectivity index (χ2v) is 7.88. The highest BCUT2D eigenvalue weighted by Crippen LogP contribution is 2.38. The number of hydrogen-bond donors (Lipinski definition) is 1. The molecule has 0 fully saturated rings. The molecule has 7 nitrogen and oxygen atoms in total. The van der Waals surface area contributed by atoms with Crippen molar-refractivity contribution >= 4 is 51.3 Å². The van der Waals surface area contributed by atoms with Gasteiger partial charge >= 0.3 is 5.97 Å². The fourth-order valence-electron chi connectivity index (χ4n) is 2.17. The summed E-state index contributed by atoms with van der Waals surface area (Å²) < 4.78 is 6.91. The Hall–Kier alpha value is -2.17. The minimum Gasteiger partial charge on any atom is -0.462 e. The number of thioether (sulfide) groups is 1. The van der Waals surface area contributed by atoms with Crippen molar-refractivity contribution in [3.05, 3.63) is 34.8 Å². The van der Waals surface area contributed by atoms with E-state index in [4.69, 9.17) is 4.74 Å². The predicted octanol–water partition coefficient (Wildman–Crippen LogP) is 3.51. The third-order valence-corrected chi connectivity index (χ3v) is 6.15. The number of rotatable bonds is 7. The molecule has 0 saturated carbocycles. The molecular weight excluding hydrogens is 392 g/mol. The molecule has 0 spiro atoms. The minimum atomic E-state index is -0.437. The van der Waals surface area contributed by atoms with Gasteiger partial charge in [0.05, 0.1) is 12.4 Å². The van der Waals surface area contributed by atoms with Crippen LogP contribution in [0.2, 0.25) is 0 Å². The molecule has 0 aliphatic carbocycles. The molecule has 0 aromatic carbocycles. The molecular formula is C16H16N4O3S3. The fourth-order valence-corrected chi connectivity index (χ4v) is 4.64. The van der Waals surface area contributed by atoms with Gasteiger partial charge in [-0.1, -0.05) is 17.8 Å². The van der Waals surface area contributed by atoms with Gasteiger partial charge in [-0.3, -0.25) is 4.79 Å². The average Bonchev–Trinajstić information content (AvgIpc) is 3.33. The Morgan fingerprint density at radius 1 is 1.38 bits per heavy atom. The lowest BCUT2D eigenvalue weighted by Gasteiger charge is -2.08. The molecule has 1 amide bonds. The van der Waals surface area contributed by atoms with E-state index in [1.807, 2.05) is 29.9 Å². The predicted molar refractivity (Wildman–Crippen MR) is 104 cm³/mol. The third kappa shape index (κ3) is 4.14. The lowest BCUT2D eigenvalue weighted by Crippen LogP contribution is -2.16. The maximum absolute atomic E-state index is 12.4. The van der Waals surface area contributed by atoms with E-state index >= 15 is 0 Å². The fraction of sp³-hybridized carbons (Fsp3) is 0.250. The normalized spacial score (nSPS) is 10.7. The number of carbonyl (C=O) groups excluding carboxylic acids is 2. The zero-order valence-electron chi connectivity index (χ0n) is 14.1. The number of esters is 1. The number of ether oxygens (including phenoxy) is 1. The van der Waals surface area contributed by atoms with Crippen LogP contribution in [0.3, 0.4) is 0 Å². The number of amides is 1. The summed E-state index contributed by atoms with van der Waals surface area (Å²) in [6.45, 7) is 2.03. The molecule has 26 heavy (non-hydrogen) atoms. The number of aryl methyl sites for hydroxylation is 1. The standard InChI is InChI=1S/C16H16N4O3S3/c1-3-23-15(22)13-10(11-5-4-6-24-11)7-25-14(13)18-12(21)8-26-16-19-17-9-20(16)2/h4-7,9H,3,8H2,1-2H3,(H,18,21). The van der Waals surface area contributed by atoms with Gasteiger partial charge in [0.15, 0.2) is 5.16 Å². The van der Waals surface area contributed by atoms with E-state index < -0.39 is 5.97 Å². The first-order valence-electron chi connectivity index (χ1n) is 7.69. The molecule has 3 aromatic rings. The molecule has 0 atom stereocenters. The number of nitrogens with one attached hydrogen (secondary N) is 1. The molecule has 0 saturated heterocycles. The Morgan fingerprint density at radius 3 is 2.88 bits per heavy atom. The largest absolute Gasteiger partial charge is 0.462 e. The average molecular weight is 409 g/mol. The smallest absolute Gasteiger partial charge is 0.341 e. The maximum atomic E-state index is 12.4. The monoisotopic (exact) mass is 408 g/mol. The second-order valence-electron chi connectivity index (χ2n) is 5.11. The highest BCUT2D eigenvalue weighted by Gasteiger charge is 2.23. The molecule has 3 rings (SSSR count). The molecule has 3 heterocycles. The first-order chi connectivity index (χ1) is 12.6. The second kappa shape index (κ2) is 8.47. The summed E-state index contributed by atoms with van der Waals surface area (Å²) in [5.41, 5.74) is 1.18. The summed E-state index contributed by atoms with van der Waals surface area (Å²) >= 11 is 4.12. The van der Waals surface area contributed by atoms with Gasteiger partial charge in [0.2, 0.25) is 5.91 Å². The highest BCUT2D eigenvalue weighted by atomic mass is 32.2. The molecule has 0 unspecified atom stereocenters. The van der Waals surface area contributed by atoms with Crippen molar-refractivity contribution in [1.29, 1.82) is 0 Å². The van der Waals surface area contributed by atoms with Gasteiger partial charge < -0.3 is 14.6 Å². The van der Waals surface area contributed by atoms with Gasteiger partial charge in [0.1, 0.15) is 16.9 Å². The van der Waals surface area contributed by atoms with Crippen molar-refractivity contribution in [2.24, 2.45) is 7.05 Å². The van der Waals surface area contributed by atoms with Crippen molar-refractivity contribution in [1.82, 2.24) is 14.8 Å². The van der Waals surface area contributed by atoms with Crippen LogP contribution in [-0.2, 0) is 16.6 Å². The van der Waals surface area contributed by atoms with Gasteiger partial charge in [-0.25, -0.2) is 4.79 Å². The van der Waals surface area contributed by atoms with E-state index in [0.29, 0.717) is 15.7 Å². The first-order valence-corrected chi connectivity index (χ1v) is 10.4. The summed E-state index contributed by atoms with van der Waals surface area (Å²) in [7, 11) is 1.81.